The van der Waals surface area contributed by atoms with Crippen LogP contribution in [0.4, 0.5) is 13.2 Å². The molecular formula is C11H20F3N3S. The Morgan fingerprint density at radius 2 is 1.67 bits per heavy atom. The number of alkyl halides is 3. The van der Waals surface area contributed by atoms with Gasteiger partial charge in [0, 0.05) is 32.7 Å². The highest BCUT2D eigenvalue weighted by molar-refractivity contribution is 7.80. The first-order valence-corrected chi connectivity index (χ1v) is 6.38. The molecule has 1 fully saturated rings. The molecule has 0 aromatic rings. The number of hydrogen-bond donors (Lipinski definition) is 1. The lowest BCUT2D eigenvalue weighted by atomic mass is 10.0. The zero-order chi connectivity index (χ0) is 14.0. The summed E-state index contributed by atoms with van der Waals surface area (Å²) in [7, 11) is 0. The number of halogens is 3. The molecule has 1 rings (SSSR count). The van der Waals surface area contributed by atoms with Crippen molar-refractivity contribution in [3.63, 3.8) is 0 Å². The van der Waals surface area contributed by atoms with Gasteiger partial charge in [-0.05, 0) is 13.8 Å². The maximum absolute atomic E-state index is 12.1. The lowest BCUT2D eigenvalue weighted by molar-refractivity contribution is -0.139. The minimum atomic E-state index is -4.07. The smallest absolute Gasteiger partial charge is 0.390 e. The number of nitrogens with two attached hydrogens (primary N) is 1. The second-order valence-electron chi connectivity index (χ2n) is 5.12. The van der Waals surface area contributed by atoms with E-state index in [2.05, 4.69) is 4.90 Å². The molecule has 0 bridgehead atoms. The molecule has 0 atom stereocenters. The summed E-state index contributed by atoms with van der Waals surface area (Å²) in [5.41, 5.74) is 5.31. The maximum Gasteiger partial charge on any atom is 0.390 e. The summed E-state index contributed by atoms with van der Waals surface area (Å²) < 4.78 is 36.3. The largest absolute Gasteiger partial charge is 0.392 e. The van der Waals surface area contributed by atoms with Gasteiger partial charge in [-0.15, -0.1) is 0 Å². The van der Waals surface area contributed by atoms with Crippen molar-refractivity contribution in [1.82, 2.24) is 9.80 Å². The first-order chi connectivity index (χ1) is 8.13. The number of piperazine rings is 1. The molecule has 1 heterocycles. The second-order valence-corrected chi connectivity index (χ2v) is 5.56. The average Bonchev–Trinajstić information content (AvgIpc) is 2.26. The topological polar surface area (TPSA) is 32.5 Å². The van der Waals surface area contributed by atoms with E-state index in [4.69, 9.17) is 18.0 Å². The molecule has 2 N–H and O–H groups in total. The summed E-state index contributed by atoms with van der Waals surface area (Å²) >= 11 is 5.02. The Bertz CT molecular complexity index is 296. The van der Waals surface area contributed by atoms with Gasteiger partial charge in [-0.3, -0.25) is 4.90 Å². The molecule has 0 aromatic heterocycles. The third-order valence-electron chi connectivity index (χ3n) is 3.48. The summed E-state index contributed by atoms with van der Waals surface area (Å²) in [6, 6.07) is 0. The fourth-order valence-electron chi connectivity index (χ4n) is 1.97. The molecule has 1 aliphatic heterocycles. The molecule has 1 saturated heterocycles. The van der Waals surface area contributed by atoms with Crippen LogP contribution in [0.3, 0.4) is 0 Å². The van der Waals surface area contributed by atoms with Crippen molar-refractivity contribution < 1.29 is 13.2 Å². The quantitative estimate of drug-likeness (QED) is 0.795. The number of rotatable bonds is 4. The summed E-state index contributed by atoms with van der Waals surface area (Å²) in [4.78, 5) is 4.38. The van der Waals surface area contributed by atoms with Crippen molar-refractivity contribution in [2.75, 3.05) is 32.7 Å². The highest BCUT2D eigenvalue weighted by Crippen LogP contribution is 2.21. The molecular weight excluding hydrogens is 263 g/mol. The predicted molar refractivity (Wildman–Crippen MR) is 69.5 cm³/mol. The minimum absolute atomic E-state index is 0.0742. The van der Waals surface area contributed by atoms with Crippen LogP contribution >= 0.6 is 12.2 Å². The molecule has 0 saturated carbocycles. The Morgan fingerprint density at radius 3 is 2.06 bits per heavy atom. The van der Waals surface area contributed by atoms with Crippen LogP contribution in [-0.4, -0.2) is 59.2 Å². The zero-order valence-electron chi connectivity index (χ0n) is 10.8. The van der Waals surface area contributed by atoms with Crippen LogP contribution in [0.25, 0.3) is 0 Å². The van der Waals surface area contributed by atoms with Gasteiger partial charge in [0.25, 0.3) is 0 Å². The minimum Gasteiger partial charge on any atom is -0.392 e. The monoisotopic (exact) mass is 283 g/mol. The van der Waals surface area contributed by atoms with Crippen LogP contribution in [0.5, 0.6) is 0 Å². The van der Waals surface area contributed by atoms with E-state index in [9.17, 15) is 13.2 Å². The summed E-state index contributed by atoms with van der Waals surface area (Å²) in [6.07, 6.45) is -4.82. The predicted octanol–water partition coefficient (Wildman–Crippen LogP) is 1.62. The third kappa shape index (κ3) is 4.37. The lowest BCUT2D eigenvalue weighted by Crippen LogP contribution is -2.59. The van der Waals surface area contributed by atoms with Gasteiger partial charge in [-0.25, -0.2) is 0 Å². The van der Waals surface area contributed by atoms with Crippen LogP contribution < -0.4 is 5.73 Å². The molecule has 0 aliphatic carbocycles. The Kier molecular flexibility index (Phi) is 4.97. The molecule has 18 heavy (non-hydrogen) atoms. The summed E-state index contributed by atoms with van der Waals surface area (Å²) in [6.45, 7) is 6.61. The van der Waals surface area contributed by atoms with Crippen molar-refractivity contribution in [2.45, 2.75) is 32.0 Å². The fraction of sp³-hybridized carbons (Fsp3) is 0.909. The van der Waals surface area contributed by atoms with Crippen molar-refractivity contribution in [2.24, 2.45) is 5.73 Å². The molecule has 0 aromatic carbocycles. The van der Waals surface area contributed by atoms with Crippen LogP contribution in [0, 0.1) is 0 Å². The van der Waals surface area contributed by atoms with Crippen LogP contribution in [-0.2, 0) is 0 Å². The maximum atomic E-state index is 12.1. The number of hydrogen-bond acceptors (Lipinski definition) is 3. The van der Waals surface area contributed by atoms with E-state index in [-0.39, 0.29) is 12.1 Å². The molecule has 0 unspecified atom stereocenters. The lowest BCUT2D eigenvalue weighted by Gasteiger charge is -2.43. The van der Waals surface area contributed by atoms with Crippen molar-refractivity contribution >= 4 is 17.2 Å². The van der Waals surface area contributed by atoms with Gasteiger partial charge in [0.1, 0.15) is 0 Å². The molecule has 0 spiro atoms. The molecule has 7 heteroatoms. The molecule has 3 nitrogen and oxygen atoms in total. The van der Waals surface area contributed by atoms with E-state index in [1.807, 2.05) is 18.7 Å². The average molecular weight is 283 g/mol. The molecule has 0 radical (unpaired) electrons. The fourth-order valence-corrected chi connectivity index (χ4v) is 2.10. The van der Waals surface area contributed by atoms with Crippen molar-refractivity contribution in [1.29, 1.82) is 0 Å². The number of nitrogens with zero attached hydrogens (tertiary/aromatic N) is 2. The summed E-state index contributed by atoms with van der Waals surface area (Å²) in [5, 5.41) is 0. The Labute approximate surface area is 111 Å². The van der Waals surface area contributed by atoms with Gasteiger partial charge in [-0.1, -0.05) is 12.2 Å². The van der Waals surface area contributed by atoms with Crippen LogP contribution in [0.2, 0.25) is 0 Å². The first-order valence-electron chi connectivity index (χ1n) is 5.97. The SMILES string of the molecule is CC(C)(C(N)=S)N1CCN(CCC(F)(F)F)CC1. The van der Waals surface area contributed by atoms with E-state index in [1.54, 1.807) is 0 Å². The standard InChI is InChI=1S/C11H20F3N3S/c1-10(2,9(15)18)17-7-5-16(6-8-17)4-3-11(12,13)14/h3-8H2,1-2H3,(H2,15,18). The highest BCUT2D eigenvalue weighted by Gasteiger charge is 2.33. The normalized spacial score (nSPS) is 20.1. The molecule has 0 amide bonds. The Morgan fingerprint density at radius 1 is 1.17 bits per heavy atom. The Balaban J connectivity index is 2.40. The van der Waals surface area contributed by atoms with Gasteiger partial charge in [0.2, 0.25) is 0 Å². The van der Waals surface area contributed by atoms with Gasteiger partial charge in [0.05, 0.1) is 16.9 Å². The highest BCUT2D eigenvalue weighted by atomic mass is 32.1. The van der Waals surface area contributed by atoms with E-state index in [0.29, 0.717) is 31.2 Å². The Hall–Kier alpha value is -0.400. The molecule has 1 aliphatic rings. The molecule has 106 valence electrons. The third-order valence-corrected chi connectivity index (χ3v) is 3.98. The van der Waals surface area contributed by atoms with E-state index in [0.717, 1.165) is 0 Å². The van der Waals surface area contributed by atoms with Gasteiger partial charge in [0.15, 0.2) is 0 Å². The number of thiocarbonyl (C=S) groups is 1. The van der Waals surface area contributed by atoms with Crippen molar-refractivity contribution in [3.05, 3.63) is 0 Å². The van der Waals surface area contributed by atoms with Gasteiger partial charge in [-0.2, -0.15) is 13.2 Å². The van der Waals surface area contributed by atoms with Gasteiger partial charge < -0.3 is 10.6 Å². The van der Waals surface area contributed by atoms with E-state index < -0.39 is 12.6 Å². The van der Waals surface area contributed by atoms with E-state index >= 15 is 0 Å². The zero-order valence-corrected chi connectivity index (χ0v) is 11.6. The van der Waals surface area contributed by atoms with E-state index in [1.165, 1.54) is 0 Å². The van der Waals surface area contributed by atoms with Crippen molar-refractivity contribution in [3.8, 4) is 0 Å². The first kappa shape index (κ1) is 15.7. The van der Waals surface area contributed by atoms with Gasteiger partial charge >= 0.3 is 6.18 Å². The van der Waals surface area contributed by atoms with Crippen LogP contribution in [0.15, 0.2) is 0 Å². The summed E-state index contributed by atoms with van der Waals surface area (Å²) in [5.74, 6) is 0. The van der Waals surface area contributed by atoms with Crippen LogP contribution in [0.1, 0.15) is 20.3 Å². The second kappa shape index (κ2) is 5.71.